The van der Waals surface area contributed by atoms with Crippen LogP contribution in [0, 0.1) is 0 Å². The van der Waals surface area contributed by atoms with Crippen LogP contribution >= 0.6 is 11.3 Å². The number of hydrogen-bond acceptors (Lipinski definition) is 5. The predicted octanol–water partition coefficient (Wildman–Crippen LogP) is 1.97. The maximum atomic E-state index is 12.4. The lowest BCUT2D eigenvalue weighted by Gasteiger charge is -2.35. The van der Waals surface area contributed by atoms with Crippen molar-refractivity contribution in [2.45, 2.75) is 25.5 Å². The first-order valence-electron chi connectivity index (χ1n) is 8.90. The second-order valence-electron chi connectivity index (χ2n) is 6.76. The normalized spacial score (nSPS) is 21.8. The zero-order chi connectivity index (χ0) is 17.2. The third-order valence-corrected chi connectivity index (χ3v) is 5.82. The van der Waals surface area contributed by atoms with E-state index in [1.807, 2.05) is 16.6 Å². The van der Waals surface area contributed by atoms with Gasteiger partial charge in [0.15, 0.2) is 0 Å². The third kappa shape index (κ3) is 3.63. The molecule has 2 aliphatic rings. The molecule has 0 aromatic carbocycles. The van der Waals surface area contributed by atoms with Gasteiger partial charge in [0.1, 0.15) is 11.8 Å². The number of rotatable bonds is 4. The Hall–Kier alpha value is -1.70. The minimum atomic E-state index is -0.199. The zero-order valence-corrected chi connectivity index (χ0v) is 15.4. The molecule has 0 N–H and O–H groups in total. The Balaban J connectivity index is 1.37. The van der Waals surface area contributed by atoms with Crippen LogP contribution in [0.25, 0.3) is 10.6 Å². The van der Waals surface area contributed by atoms with E-state index in [0.29, 0.717) is 0 Å². The summed E-state index contributed by atoms with van der Waals surface area (Å²) in [6.07, 6.45) is 3.79. The van der Waals surface area contributed by atoms with Crippen molar-refractivity contribution < 1.29 is 9.53 Å². The van der Waals surface area contributed by atoms with Crippen LogP contribution in [0.2, 0.25) is 0 Å². The van der Waals surface area contributed by atoms with Gasteiger partial charge in [-0.3, -0.25) is 14.4 Å². The summed E-state index contributed by atoms with van der Waals surface area (Å²) in [5.74, 6) is 0.179. The highest BCUT2D eigenvalue weighted by Gasteiger charge is 2.30. The molecule has 2 aromatic rings. The summed E-state index contributed by atoms with van der Waals surface area (Å²) in [5.41, 5.74) is 2.33. The van der Waals surface area contributed by atoms with E-state index in [-0.39, 0.29) is 12.0 Å². The lowest BCUT2D eigenvalue weighted by Crippen LogP contribution is -2.51. The number of aryl methyl sites for hydroxylation is 1. The Morgan fingerprint density at radius 2 is 2.20 bits per heavy atom. The molecule has 4 heterocycles. The molecule has 4 rings (SSSR count). The maximum absolute atomic E-state index is 12.4. The number of ether oxygens (including phenoxy) is 1. The van der Waals surface area contributed by atoms with Crippen LogP contribution in [-0.4, -0.2) is 64.4 Å². The van der Waals surface area contributed by atoms with Gasteiger partial charge in [0.2, 0.25) is 0 Å². The molecule has 7 heteroatoms. The van der Waals surface area contributed by atoms with E-state index in [2.05, 4.69) is 33.7 Å². The highest BCUT2D eigenvalue weighted by Crippen LogP contribution is 2.27. The van der Waals surface area contributed by atoms with E-state index in [1.165, 1.54) is 10.4 Å². The fourth-order valence-electron chi connectivity index (χ4n) is 3.62. The average molecular weight is 360 g/mol. The molecule has 134 valence electrons. The van der Waals surface area contributed by atoms with Crippen molar-refractivity contribution >= 4 is 17.2 Å². The molecular formula is C18H24N4O2S. The van der Waals surface area contributed by atoms with Crippen LogP contribution in [0.1, 0.15) is 18.4 Å². The van der Waals surface area contributed by atoms with Crippen molar-refractivity contribution in [2.75, 3.05) is 32.8 Å². The summed E-state index contributed by atoms with van der Waals surface area (Å²) in [6, 6.07) is 4.18. The Kier molecular flexibility index (Phi) is 4.87. The van der Waals surface area contributed by atoms with Crippen LogP contribution < -0.4 is 0 Å². The Morgan fingerprint density at radius 1 is 1.36 bits per heavy atom. The molecule has 0 aliphatic carbocycles. The summed E-state index contributed by atoms with van der Waals surface area (Å²) in [6.45, 7) is 4.97. The Morgan fingerprint density at radius 3 is 2.88 bits per heavy atom. The van der Waals surface area contributed by atoms with Gasteiger partial charge in [0.25, 0.3) is 5.91 Å². The molecule has 25 heavy (non-hydrogen) atoms. The van der Waals surface area contributed by atoms with Gasteiger partial charge in [-0.05, 0) is 24.3 Å². The average Bonchev–Trinajstić information content (AvgIpc) is 3.37. The van der Waals surface area contributed by atoms with Gasteiger partial charge in [-0.25, -0.2) is 0 Å². The van der Waals surface area contributed by atoms with Gasteiger partial charge >= 0.3 is 0 Å². The molecule has 1 unspecified atom stereocenters. The van der Waals surface area contributed by atoms with Gasteiger partial charge < -0.3 is 9.64 Å². The number of piperazine rings is 1. The monoisotopic (exact) mass is 360 g/mol. The lowest BCUT2D eigenvalue weighted by atomic mass is 10.1. The first-order chi connectivity index (χ1) is 12.2. The summed E-state index contributed by atoms with van der Waals surface area (Å²) >= 11 is 1.72. The topological polar surface area (TPSA) is 50.6 Å². The number of hydrogen-bond donors (Lipinski definition) is 0. The first-order valence-corrected chi connectivity index (χ1v) is 9.78. The van der Waals surface area contributed by atoms with Crippen molar-refractivity contribution in [2.24, 2.45) is 7.05 Å². The summed E-state index contributed by atoms with van der Waals surface area (Å²) in [5, 5.41) is 6.72. The van der Waals surface area contributed by atoms with Crippen LogP contribution in [-0.2, 0) is 23.1 Å². The number of aromatic nitrogens is 2. The van der Waals surface area contributed by atoms with Crippen molar-refractivity contribution in [1.29, 1.82) is 0 Å². The summed E-state index contributed by atoms with van der Waals surface area (Å²) < 4.78 is 7.43. The fraction of sp³-hybridized carbons (Fsp3) is 0.556. The van der Waals surface area contributed by atoms with Crippen molar-refractivity contribution in [3.63, 3.8) is 0 Å². The molecule has 1 amide bonds. The van der Waals surface area contributed by atoms with Crippen molar-refractivity contribution in [3.8, 4) is 10.6 Å². The molecule has 0 radical (unpaired) electrons. The van der Waals surface area contributed by atoms with Gasteiger partial charge in [-0.2, -0.15) is 5.10 Å². The smallest absolute Gasteiger partial charge is 0.251 e. The molecule has 2 fully saturated rings. The van der Waals surface area contributed by atoms with Gasteiger partial charge in [-0.1, -0.05) is 6.07 Å². The highest BCUT2D eigenvalue weighted by molar-refractivity contribution is 7.13. The number of nitrogens with zero attached hydrogens (tertiary/aromatic N) is 4. The molecule has 0 spiro atoms. The first kappa shape index (κ1) is 16.8. The molecular weight excluding hydrogens is 336 g/mol. The van der Waals surface area contributed by atoms with E-state index in [9.17, 15) is 4.79 Å². The van der Waals surface area contributed by atoms with E-state index >= 15 is 0 Å². The fourth-order valence-corrected chi connectivity index (χ4v) is 4.36. The molecule has 2 aliphatic heterocycles. The summed E-state index contributed by atoms with van der Waals surface area (Å²) in [7, 11) is 1.97. The molecule has 0 saturated carbocycles. The van der Waals surface area contributed by atoms with E-state index in [0.717, 1.165) is 57.9 Å². The SMILES string of the molecule is Cn1cc(CN2CCN(C(=O)C3CCCO3)CC2)c(-c2cccs2)n1. The van der Waals surface area contributed by atoms with Crippen molar-refractivity contribution in [1.82, 2.24) is 19.6 Å². The maximum Gasteiger partial charge on any atom is 0.251 e. The van der Waals surface area contributed by atoms with Crippen LogP contribution in [0.15, 0.2) is 23.7 Å². The van der Waals surface area contributed by atoms with Gasteiger partial charge in [0, 0.05) is 58.1 Å². The number of carbonyl (C=O) groups excluding carboxylic acids is 1. The Labute approximate surface area is 152 Å². The molecule has 0 bridgehead atoms. The number of amides is 1. The Bertz CT molecular complexity index is 714. The minimum Gasteiger partial charge on any atom is -0.368 e. The number of thiophene rings is 1. The van der Waals surface area contributed by atoms with Gasteiger partial charge in [0.05, 0.1) is 4.88 Å². The second-order valence-corrected chi connectivity index (χ2v) is 7.70. The largest absolute Gasteiger partial charge is 0.368 e. The number of carbonyl (C=O) groups is 1. The molecule has 2 saturated heterocycles. The van der Waals surface area contributed by atoms with E-state index in [4.69, 9.17) is 4.74 Å². The van der Waals surface area contributed by atoms with E-state index in [1.54, 1.807) is 11.3 Å². The lowest BCUT2D eigenvalue weighted by molar-refractivity contribution is -0.142. The van der Waals surface area contributed by atoms with Crippen LogP contribution in [0.4, 0.5) is 0 Å². The standard InChI is InChI=1S/C18H24N4O2S/c1-20-12-14(17(19-20)16-5-3-11-25-16)13-21-6-8-22(9-7-21)18(23)15-4-2-10-24-15/h3,5,11-12,15H,2,4,6-10,13H2,1H3. The highest BCUT2D eigenvalue weighted by atomic mass is 32.1. The van der Waals surface area contributed by atoms with Crippen LogP contribution in [0.5, 0.6) is 0 Å². The quantitative estimate of drug-likeness (QED) is 0.837. The molecule has 2 aromatic heterocycles. The summed E-state index contributed by atoms with van der Waals surface area (Å²) in [4.78, 5) is 18.0. The third-order valence-electron chi connectivity index (χ3n) is 4.94. The predicted molar refractivity (Wildman–Crippen MR) is 97.4 cm³/mol. The molecule has 1 atom stereocenters. The van der Waals surface area contributed by atoms with Crippen molar-refractivity contribution in [3.05, 3.63) is 29.3 Å². The second kappa shape index (κ2) is 7.27. The van der Waals surface area contributed by atoms with Crippen LogP contribution in [0.3, 0.4) is 0 Å². The van der Waals surface area contributed by atoms with E-state index < -0.39 is 0 Å². The minimum absolute atomic E-state index is 0.179. The molecule has 6 nitrogen and oxygen atoms in total. The zero-order valence-electron chi connectivity index (χ0n) is 14.6. The van der Waals surface area contributed by atoms with Gasteiger partial charge in [-0.15, -0.1) is 11.3 Å².